The Morgan fingerprint density at radius 2 is 1.95 bits per heavy atom. The minimum atomic E-state index is 0.752. The van der Waals surface area contributed by atoms with Crippen molar-refractivity contribution >= 4 is 33.6 Å². The summed E-state index contributed by atoms with van der Waals surface area (Å²) in [4.78, 5) is 4.68. The fourth-order valence-corrected chi connectivity index (χ4v) is 4.05. The molecule has 20 heavy (non-hydrogen) atoms. The van der Waals surface area contributed by atoms with Gasteiger partial charge in [0, 0.05) is 11.5 Å². The van der Waals surface area contributed by atoms with Crippen LogP contribution >= 0.6 is 23.5 Å². The number of rotatable bonds is 2. The van der Waals surface area contributed by atoms with Crippen molar-refractivity contribution in [1.29, 1.82) is 5.26 Å². The van der Waals surface area contributed by atoms with Gasteiger partial charge in [-0.25, -0.2) is 4.99 Å². The van der Waals surface area contributed by atoms with E-state index < -0.39 is 0 Å². The molecule has 0 unspecified atom stereocenters. The zero-order valence-electron chi connectivity index (χ0n) is 10.7. The Morgan fingerprint density at radius 1 is 1.15 bits per heavy atom. The molecule has 3 rings (SSSR count). The van der Waals surface area contributed by atoms with Crippen LogP contribution < -0.4 is 0 Å². The molecular weight excluding hydrogens is 284 g/mol. The van der Waals surface area contributed by atoms with E-state index in [1.807, 2.05) is 30.3 Å². The molecule has 98 valence electrons. The summed E-state index contributed by atoms with van der Waals surface area (Å²) in [6.07, 6.45) is 0. The van der Waals surface area contributed by atoms with Crippen molar-refractivity contribution in [2.75, 3.05) is 0 Å². The van der Waals surface area contributed by atoms with Crippen LogP contribution in [0.5, 0.6) is 0 Å². The largest absolute Gasteiger partial charge is 0.235 e. The first-order valence-corrected chi connectivity index (χ1v) is 8.24. The third-order valence-corrected chi connectivity index (χ3v) is 5.34. The standard InChI is InChI=1S/C16H12N2S2/c17-9-12-5-1-2-6-13(12)10-19-16-18-15-8-4-3-7-14(15)11-20-16/h1-8H,10-11H2. The Labute approximate surface area is 126 Å². The number of fused-ring (bicyclic) bond motifs is 1. The Hall–Kier alpha value is -1.70. The highest BCUT2D eigenvalue weighted by molar-refractivity contribution is 8.38. The average molecular weight is 296 g/mol. The number of aliphatic imine (C=N–C) groups is 1. The molecule has 0 atom stereocenters. The predicted octanol–water partition coefficient (Wildman–Crippen LogP) is 4.73. The van der Waals surface area contributed by atoms with Gasteiger partial charge in [-0.3, -0.25) is 0 Å². The minimum absolute atomic E-state index is 0.752. The van der Waals surface area contributed by atoms with Gasteiger partial charge in [0.25, 0.3) is 0 Å². The van der Waals surface area contributed by atoms with Crippen LogP contribution in [0.4, 0.5) is 5.69 Å². The van der Waals surface area contributed by atoms with Crippen molar-refractivity contribution in [3.63, 3.8) is 0 Å². The van der Waals surface area contributed by atoms with Crippen molar-refractivity contribution in [3.05, 3.63) is 65.2 Å². The zero-order chi connectivity index (χ0) is 13.8. The van der Waals surface area contributed by atoms with Gasteiger partial charge in [0.05, 0.1) is 17.3 Å². The van der Waals surface area contributed by atoms with Crippen LogP contribution in [0, 0.1) is 11.3 Å². The number of para-hydroxylation sites is 1. The molecule has 2 nitrogen and oxygen atoms in total. The lowest BCUT2D eigenvalue weighted by atomic mass is 10.1. The number of benzene rings is 2. The molecular formula is C16H12N2S2. The molecule has 2 aromatic rings. The first kappa shape index (κ1) is 13.3. The molecule has 0 aliphatic carbocycles. The minimum Gasteiger partial charge on any atom is -0.235 e. The van der Waals surface area contributed by atoms with Crippen molar-refractivity contribution in [2.45, 2.75) is 11.5 Å². The summed E-state index contributed by atoms with van der Waals surface area (Å²) in [5.41, 5.74) is 4.19. The highest BCUT2D eigenvalue weighted by Gasteiger charge is 2.13. The lowest BCUT2D eigenvalue weighted by Crippen LogP contribution is -1.97. The molecule has 1 aliphatic heterocycles. The molecule has 0 radical (unpaired) electrons. The quantitative estimate of drug-likeness (QED) is 0.804. The summed E-state index contributed by atoms with van der Waals surface area (Å²) >= 11 is 3.47. The Kier molecular flexibility index (Phi) is 4.10. The van der Waals surface area contributed by atoms with E-state index in [1.54, 1.807) is 23.5 Å². The number of thioether (sulfide) groups is 2. The zero-order valence-corrected chi connectivity index (χ0v) is 12.4. The van der Waals surface area contributed by atoms with E-state index in [0.29, 0.717) is 0 Å². The van der Waals surface area contributed by atoms with Gasteiger partial charge >= 0.3 is 0 Å². The normalized spacial score (nSPS) is 13.2. The Morgan fingerprint density at radius 3 is 2.85 bits per heavy atom. The second-order valence-corrected chi connectivity index (χ2v) is 6.54. The van der Waals surface area contributed by atoms with Crippen LogP contribution in [0.1, 0.15) is 16.7 Å². The maximum atomic E-state index is 9.09. The van der Waals surface area contributed by atoms with Crippen LogP contribution in [0.25, 0.3) is 0 Å². The van der Waals surface area contributed by atoms with Crippen molar-refractivity contribution in [1.82, 2.24) is 0 Å². The highest BCUT2D eigenvalue weighted by atomic mass is 32.2. The fourth-order valence-electron chi connectivity index (χ4n) is 1.98. The molecule has 0 amide bonds. The van der Waals surface area contributed by atoms with Crippen molar-refractivity contribution in [3.8, 4) is 6.07 Å². The number of nitriles is 1. The maximum absolute atomic E-state index is 9.09. The second kappa shape index (κ2) is 6.17. The summed E-state index contributed by atoms with van der Waals surface area (Å²) in [5, 5.41) is 9.09. The first-order chi connectivity index (χ1) is 9.86. The SMILES string of the molecule is N#Cc1ccccc1CSC1=Nc2ccccc2CS1. The highest BCUT2D eigenvalue weighted by Crippen LogP contribution is 2.35. The van der Waals surface area contributed by atoms with Crippen LogP contribution in [0.2, 0.25) is 0 Å². The molecule has 0 spiro atoms. The fraction of sp³-hybridized carbons (Fsp3) is 0.125. The monoisotopic (exact) mass is 296 g/mol. The molecule has 1 heterocycles. The molecule has 0 aromatic heterocycles. The molecule has 0 saturated carbocycles. The van der Waals surface area contributed by atoms with Gasteiger partial charge in [-0.05, 0) is 23.3 Å². The topological polar surface area (TPSA) is 36.1 Å². The smallest absolute Gasteiger partial charge is 0.131 e. The summed E-state index contributed by atoms with van der Waals surface area (Å²) in [7, 11) is 0. The summed E-state index contributed by atoms with van der Waals surface area (Å²) in [6.45, 7) is 0. The van der Waals surface area contributed by atoms with Gasteiger partial charge in [-0.1, -0.05) is 59.9 Å². The van der Waals surface area contributed by atoms with E-state index in [1.165, 1.54) is 5.56 Å². The third-order valence-electron chi connectivity index (χ3n) is 3.04. The number of hydrogen-bond acceptors (Lipinski definition) is 4. The molecule has 2 aromatic carbocycles. The Bertz CT molecular complexity index is 702. The van der Waals surface area contributed by atoms with Crippen molar-refractivity contribution in [2.24, 2.45) is 4.99 Å². The third kappa shape index (κ3) is 2.90. The molecule has 4 heteroatoms. The maximum Gasteiger partial charge on any atom is 0.131 e. The van der Waals surface area contributed by atoms with Crippen LogP contribution in [-0.2, 0) is 11.5 Å². The first-order valence-electron chi connectivity index (χ1n) is 6.27. The van der Waals surface area contributed by atoms with Gasteiger partial charge in [0.1, 0.15) is 4.38 Å². The van der Waals surface area contributed by atoms with E-state index in [-0.39, 0.29) is 0 Å². The summed E-state index contributed by atoms with van der Waals surface area (Å²) in [5.74, 6) is 1.76. The van der Waals surface area contributed by atoms with Crippen LogP contribution in [0.3, 0.4) is 0 Å². The van der Waals surface area contributed by atoms with E-state index in [4.69, 9.17) is 5.26 Å². The molecule has 0 saturated heterocycles. The molecule has 1 aliphatic rings. The van der Waals surface area contributed by atoms with Gasteiger partial charge in [0.2, 0.25) is 0 Å². The summed E-state index contributed by atoms with van der Waals surface area (Å²) < 4.78 is 1.08. The molecule has 0 fully saturated rings. The lowest BCUT2D eigenvalue weighted by molar-refractivity contribution is 1.35. The van der Waals surface area contributed by atoms with E-state index in [0.717, 1.165) is 32.7 Å². The van der Waals surface area contributed by atoms with Gasteiger partial charge in [-0.15, -0.1) is 0 Å². The number of nitrogens with zero attached hydrogens (tertiary/aromatic N) is 2. The van der Waals surface area contributed by atoms with Crippen molar-refractivity contribution < 1.29 is 0 Å². The van der Waals surface area contributed by atoms with Crippen LogP contribution in [0.15, 0.2) is 53.5 Å². The lowest BCUT2D eigenvalue weighted by Gasteiger charge is -2.14. The average Bonchev–Trinajstić information content (AvgIpc) is 2.53. The number of hydrogen-bond donors (Lipinski definition) is 0. The Balaban J connectivity index is 1.74. The van der Waals surface area contributed by atoms with E-state index in [9.17, 15) is 0 Å². The van der Waals surface area contributed by atoms with Gasteiger partial charge in [-0.2, -0.15) is 5.26 Å². The summed E-state index contributed by atoms with van der Waals surface area (Å²) in [6, 6.07) is 18.2. The van der Waals surface area contributed by atoms with E-state index in [2.05, 4.69) is 29.3 Å². The molecule has 0 bridgehead atoms. The predicted molar refractivity (Wildman–Crippen MR) is 87.3 cm³/mol. The molecule has 0 N–H and O–H groups in total. The van der Waals surface area contributed by atoms with E-state index >= 15 is 0 Å². The van der Waals surface area contributed by atoms with Gasteiger partial charge < -0.3 is 0 Å². The van der Waals surface area contributed by atoms with Gasteiger partial charge in [0.15, 0.2) is 0 Å². The van der Waals surface area contributed by atoms with Crippen LogP contribution in [-0.4, -0.2) is 4.38 Å². The second-order valence-electron chi connectivity index (χ2n) is 4.35.